The lowest BCUT2D eigenvalue weighted by atomic mass is 10.2. The Morgan fingerprint density at radius 3 is 2.57 bits per heavy atom. The van der Waals surface area contributed by atoms with Crippen molar-refractivity contribution in [2.45, 2.75) is 56.1 Å². The van der Waals surface area contributed by atoms with E-state index in [1.54, 1.807) is 0 Å². The summed E-state index contributed by atoms with van der Waals surface area (Å²) >= 11 is 1.30. The Balaban J connectivity index is 2.78. The molecule has 21 heavy (non-hydrogen) atoms. The molecule has 0 saturated heterocycles. The number of benzene rings is 1. The normalized spacial score (nSPS) is 11.9. The van der Waals surface area contributed by atoms with Crippen LogP contribution < -0.4 is 5.32 Å². The van der Waals surface area contributed by atoms with Crippen molar-refractivity contribution < 1.29 is 14.7 Å². The molecule has 1 rings (SSSR count). The first-order valence-corrected chi connectivity index (χ1v) is 8.24. The molecule has 1 aromatic rings. The highest BCUT2D eigenvalue weighted by molar-refractivity contribution is 8.00. The van der Waals surface area contributed by atoms with Gasteiger partial charge in [0.2, 0.25) is 5.91 Å². The number of carboxylic acids is 1. The summed E-state index contributed by atoms with van der Waals surface area (Å²) in [6.07, 6.45) is 3.75. The van der Waals surface area contributed by atoms with Crippen LogP contribution in [0.1, 0.15) is 46.0 Å². The fourth-order valence-electron chi connectivity index (χ4n) is 1.87. The minimum Gasteiger partial charge on any atom is -0.480 e. The second kappa shape index (κ2) is 9.45. The molecule has 0 aliphatic heterocycles. The average molecular weight is 309 g/mol. The standard InChI is InChI=1S/C16H23NO3S/c1-3-5-11-15(18)17-12-9-6-7-10-13(12)21-14(8-4-2)16(19)20/h6-7,9-10,14H,3-5,8,11H2,1-2H3,(H,17,18)(H,19,20)/t14-/m0/s1. The van der Waals surface area contributed by atoms with Gasteiger partial charge in [0.1, 0.15) is 5.25 Å². The summed E-state index contributed by atoms with van der Waals surface area (Å²) in [5, 5.41) is 11.6. The number of carbonyl (C=O) groups is 2. The molecule has 1 amide bonds. The molecule has 2 N–H and O–H groups in total. The van der Waals surface area contributed by atoms with E-state index < -0.39 is 11.2 Å². The van der Waals surface area contributed by atoms with Crippen LogP contribution in [0.15, 0.2) is 29.2 Å². The maximum absolute atomic E-state index is 11.8. The van der Waals surface area contributed by atoms with Crippen LogP contribution in [-0.2, 0) is 9.59 Å². The number of hydrogen-bond donors (Lipinski definition) is 2. The molecule has 0 saturated carbocycles. The monoisotopic (exact) mass is 309 g/mol. The summed E-state index contributed by atoms with van der Waals surface area (Å²) in [5.74, 6) is -0.832. The lowest BCUT2D eigenvalue weighted by Gasteiger charge is -2.14. The van der Waals surface area contributed by atoms with E-state index in [4.69, 9.17) is 0 Å². The number of amides is 1. The van der Waals surface area contributed by atoms with Gasteiger partial charge in [-0.3, -0.25) is 9.59 Å². The molecule has 0 radical (unpaired) electrons. The maximum Gasteiger partial charge on any atom is 0.316 e. The van der Waals surface area contributed by atoms with Gasteiger partial charge in [-0.05, 0) is 25.0 Å². The van der Waals surface area contributed by atoms with Gasteiger partial charge in [0, 0.05) is 11.3 Å². The molecular weight excluding hydrogens is 286 g/mol. The van der Waals surface area contributed by atoms with Crippen LogP contribution in [0.25, 0.3) is 0 Å². The van der Waals surface area contributed by atoms with Crippen molar-refractivity contribution >= 4 is 29.3 Å². The van der Waals surface area contributed by atoms with E-state index >= 15 is 0 Å². The number of anilines is 1. The van der Waals surface area contributed by atoms with Crippen molar-refractivity contribution in [1.82, 2.24) is 0 Å². The SMILES string of the molecule is CCCCC(=O)Nc1ccccc1S[C@@H](CCC)C(=O)O. The molecule has 5 heteroatoms. The molecule has 0 spiro atoms. The molecule has 0 aliphatic carbocycles. The number of nitrogens with one attached hydrogen (secondary N) is 1. The van der Waals surface area contributed by atoms with Gasteiger partial charge >= 0.3 is 5.97 Å². The Bertz CT molecular complexity index is 476. The Labute approximate surface area is 130 Å². The Kier molecular flexibility index (Phi) is 7.90. The number of unbranched alkanes of at least 4 members (excludes halogenated alkanes) is 1. The third-order valence-corrected chi connectivity index (χ3v) is 4.35. The largest absolute Gasteiger partial charge is 0.480 e. The zero-order chi connectivity index (χ0) is 15.7. The van der Waals surface area contributed by atoms with E-state index in [0.29, 0.717) is 18.5 Å². The number of thioether (sulfide) groups is 1. The van der Waals surface area contributed by atoms with Gasteiger partial charge in [-0.15, -0.1) is 11.8 Å². The van der Waals surface area contributed by atoms with Crippen molar-refractivity contribution in [1.29, 1.82) is 0 Å². The first-order valence-electron chi connectivity index (χ1n) is 7.36. The first-order chi connectivity index (χ1) is 10.1. The van der Waals surface area contributed by atoms with Crippen LogP contribution in [0.5, 0.6) is 0 Å². The third kappa shape index (κ3) is 6.21. The van der Waals surface area contributed by atoms with E-state index in [-0.39, 0.29) is 5.91 Å². The third-order valence-electron chi connectivity index (χ3n) is 3.01. The molecule has 0 aliphatic rings. The quantitative estimate of drug-likeness (QED) is 0.672. The highest BCUT2D eigenvalue weighted by atomic mass is 32.2. The van der Waals surface area contributed by atoms with Crippen LogP contribution in [0.2, 0.25) is 0 Å². The summed E-state index contributed by atoms with van der Waals surface area (Å²) in [5.41, 5.74) is 0.700. The van der Waals surface area contributed by atoms with Crippen LogP contribution >= 0.6 is 11.8 Å². The number of hydrogen-bond acceptors (Lipinski definition) is 3. The average Bonchev–Trinajstić information content (AvgIpc) is 2.46. The van der Waals surface area contributed by atoms with Crippen molar-refractivity contribution in [3.8, 4) is 0 Å². The van der Waals surface area contributed by atoms with E-state index in [0.717, 1.165) is 24.2 Å². The second-order valence-corrected chi connectivity index (χ2v) is 6.13. The molecule has 1 aromatic carbocycles. The molecule has 0 bridgehead atoms. The predicted octanol–water partition coefficient (Wildman–Crippen LogP) is 4.16. The molecule has 0 fully saturated rings. The fraction of sp³-hybridized carbons (Fsp3) is 0.500. The molecule has 1 atom stereocenters. The zero-order valence-electron chi connectivity index (χ0n) is 12.6. The van der Waals surface area contributed by atoms with Gasteiger partial charge in [-0.1, -0.05) is 38.8 Å². The molecule has 4 nitrogen and oxygen atoms in total. The first kappa shape index (κ1) is 17.6. The van der Waals surface area contributed by atoms with Crippen LogP contribution in [0.4, 0.5) is 5.69 Å². The maximum atomic E-state index is 11.8. The number of rotatable bonds is 9. The Morgan fingerprint density at radius 1 is 1.24 bits per heavy atom. The van der Waals surface area contributed by atoms with E-state index in [9.17, 15) is 14.7 Å². The Morgan fingerprint density at radius 2 is 1.95 bits per heavy atom. The van der Waals surface area contributed by atoms with Gasteiger partial charge in [-0.25, -0.2) is 0 Å². The van der Waals surface area contributed by atoms with Gasteiger partial charge in [0.15, 0.2) is 0 Å². The summed E-state index contributed by atoms with van der Waals surface area (Å²) in [4.78, 5) is 23.9. The summed E-state index contributed by atoms with van der Waals surface area (Å²) in [7, 11) is 0. The second-order valence-electron chi connectivity index (χ2n) is 4.88. The van der Waals surface area contributed by atoms with Crippen LogP contribution in [-0.4, -0.2) is 22.2 Å². The van der Waals surface area contributed by atoms with Crippen molar-refractivity contribution in [2.75, 3.05) is 5.32 Å². The van der Waals surface area contributed by atoms with Gasteiger partial charge in [-0.2, -0.15) is 0 Å². The number of para-hydroxylation sites is 1. The minimum atomic E-state index is -0.811. The fourth-order valence-corrected chi connectivity index (χ4v) is 3.04. The molecule has 0 aromatic heterocycles. The molecule has 116 valence electrons. The highest BCUT2D eigenvalue weighted by Crippen LogP contribution is 2.32. The van der Waals surface area contributed by atoms with Gasteiger partial charge in [0.05, 0.1) is 5.69 Å². The topological polar surface area (TPSA) is 66.4 Å². The smallest absolute Gasteiger partial charge is 0.316 e. The lowest BCUT2D eigenvalue weighted by molar-refractivity contribution is -0.136. The van der Waals surface area contributed by atoms with E-state index in [2.05, 4.69) is 5.32 Å². The number of aliphatic carboxylic acids is 1. The van der Waals surface area contributed by atoms with Crippen molar-refractivity contribution in [3.05, 3.63) is 24.3 Å². The van der Waals surface area contributed by atoms with E-state index in [1.165, 1.54) is 11.8 Å². The van der Waals surface area contributed by atoms with E-state index in [1.807, 2.05) is 38.1 Å². The minimum absolute atomic E-state index is 0.0210. The van der Waals surface area contributed by atoms with Crippen molar-refractivity contribution in [2.24, 2.45) is 0 Å². The molecule has 0 unspecified atom stereocenters. The zero-order valence-corrected chi connectivity index (χ0v) is 13.4. The van der Waals surface area contributed by atoms with Gasteiger partial charge < -0.3 is 10.4 Å². The number of carbonyl (C=O) groups excluding carboxylic acids is 1. The Hall–Kier alpha value is -1.49. The number of carboxylic acid groups (broad SMARTS) is 1. The summed E-state index contributed by atoms with van der Waals surface area (Å²) in [6, 6.07) is 7.37. The highest BCUT2D eigenvalue weighted by Gasteiger charge is 2.19. The predicted molar refractivity (Wildman–Crippen MR) is 86.8 cm³/mol. The van der Waals surface area contributed by atoms with Crippen LogP contribution in [0.3, 0.4) is 0 Å². The molecular formula is C16H23NO3S. The summed E-state index contributed by atoms with van der Waals surface area (Å²) in [6.45, 7) is 4.01. The van der Waals surface area contributed by atoms with Gasteiger partial charge in [0.25, 0.3) is 0 Å². The van der Waals surface area contributed by atoms with Crippen molar-refractivity contribution in [3.63, 3.8) is 0 Å². The summed E-state index contributed by atoms with van der Waals surface area (Å²) < 4.78 is 0. The molecule has 0 heterocycles. The lowest BCUT2D eigenvalue weighted by Crippen LogP contribution is -2.17. The van der Waals surface area contributed by atoms with Crippen LogP contribution in [0, 0.1) is 0 Å².